The molecule has 1 aliphatic heterocycles. The van der Waals surface area contributed by atoms with Gasteiger partial charge in [0.1, 0.15) is 0 Å². The molecule has 2 aromatic rings. The number of benzene rings is 2. The summed E-state index contributed by atoms with van der Waals surface area (Å²) in [5.41, 5.74) is 0. The van der Waals surface area contributed by atoms with Gasteiger partial charge in [-0.15, -0.1) is 0 Å². The standard InChI is InChI=1S/C10H8O2.C3H6O/c11-9-6-5-7-3-1-2-4-8(7)10(9)12;1-3-2-4-3/h1-6,11-12H;3H,2H2,1H3. The average Bonchev–Trinajstić information content (AvgIpc) is 3.08. The second kappa shape index (κ2) is 4.41. The van der Waals surface area contributed by atoms with Crippen LogP contribution in [0.5, 0.6) is 11.5 Å². The van der Waals surface area contributed by atoms with E-state index in [1.807, 2.05) is 18.2 Å². The Balaban J connectivity index is 0.000000203. The summed E-state index contributed by atoms with van der Waals surface area (Å²) in [7, 11) is 0. The Bertz CT molecular complexity index is 490. The van der Waals surface area contributed by atoms with E-state index in [9.17, 15) is 5.11 Å². The third-order valence-electron chi connectivity index (χ3n) is 2.38. The van der Waals surface area contributed by atoms with E-state index >= 15 is 0 Å². The first-order valence-electron chi connectivity index (χ1n) is 5.20. The highest BCUT2D eigenvalue weighted by Crippen LogP contribution is 2.32. The van der Waals surface area contributed by atoms with E-state index in [0.29, 0.717) is 11.5 Å². The first-order valence-corrected chi connectivity index (χ1v) is 5.20. The number of phenolic OH excluding ortho intramolecular Hbond substituents is 2. The molecule has 1 fully saturated rings. The van der Waals surface area contributed by atoms with Crippen LogP contribution in [0.25, 0.3) is 10.8 Å². The molecule has 0 aliphatic carbocycles. The molecule has 3 nitrogen and oxygen atoms in total. The molecule has 0 radical (unpaired) electrons. The lowest BCUT2D eigenvalue weighted by Gasteiger charge is -2.01. The topological polar surface area (TPSA) is 53.0 Å². The quantitative estimate of drug-likeness (QED) is 0.528. The third-order valence-corrected chi connectivity index (χ3v) is 2.38. The molecule has 2 N–H and O–H groups in total. The predicted molar refractivity (Wildman–Crippen MR) is 62.7 cm³/mol. The van der Waals surface area contributed by atoms with Crippen molar-refractivity contribution in [3.63, 3.8) is 0 Å². The fraction of sp³-hybridized carbons (Fsp3) is 0.231. The summed E-state index contributed by atoms with van der Waals surface area (Å²) in [5.74, 6) is -0.123. The van der Waals surface area contributed by atoms with Crippen LogP contribution >= 0.6 is 0 Å². The maximum atomic E-state index is 9.41. The van der Waals surface area contributed by atoms with Gasteiger partial charge < -0.3 is 14.9 Å². The van der Waals surface area contributed by atoms with Gasteiger partial charge in [-0.25, -0.2) is 0 Å². The van der Waals surface area contributed by atoms with E-state index in [1.165, 1.54) is 6.07 Å². The summed E-state index contributed by atoms with van der Waals surface area (Å²) in [6.45, 7) is 3.04. The van der Waals surface area contributed by atoms with Crippen LogP contribution in [0.3, 0.4) is 0 Å². The molecule has 1 unspecified atom stereocenters. The van der Waals surface area contributed by atoms with Gasteiger partial charge in [0.25, 0.3) is 0 Å². The van der Waals surface area contributed by atoms with Gasteiger partial charge >= 0.3 is 0 Å². The largest absolute Gasteiger partial charge is 0.504 e. The third kappa shape index (κ3) is 2.44. The van der Waals surface area contributed by atoms with Crippen molar-refractivity contribution in [3.05, 3.63) is 36.4 Å². The highest BCUT2D eigenvalue weighted by molar-refractivity contribution is 5.90. The Kier molecular flexibility index (Phi) is 2.97. The Morgan fingerprint density at radius 1 is 1.12 bits per heavy atom. The molecule has 0 saturated carbocycles. The molecule has 0 spiro atoms. The molecule has 1 saturated heterocycles. The summed E-state index contributed by atoms with van der Waals surface area (Å²) in [6, 6.07) is 10.6. The van der Waals surface area contributed by atoms with Crippen molar-refractivity contribution in [2.45, 2.75) is 13.0 Å². The van der Waals surface area contributed by atoms with Gasteiger partial charge in [-0.3, -0.25) is 0 Å². The maximum Gasteiger partial charge on any atom is 0.165 e. The molecule has 0 aromatic heterocycles. The summed E-state index contributed by atoms with van der Waals surface area (Å²) in [4.78, 5) is 0. The van der Waals surface area contributed by atoms with Crippen LogP contribution in [0, 0.1) is 0 Å². The molecule has 1 heterocycles. The predicted octanol–water partition coefficient (Wildman–Crippen LogP) is 2.66. The fourth-order valence-corrected chi connectivity index (χ4v) is 1.34. The summed E-state index contributed by atoms with van der Waals surface area (Å²) in [5, 5.41) is 20.2. The van der Waals surface area contributed by atoms with Crippen molar-refractivity contribution in [2.24, 2.45) is 0 Å². The molecule has 0 bridgehead atoms. The van der Waals surface area contributed by atoms with E-state index in [-0.39, 0.29) is 11.5 Å². The van der Waals surface area contributed by atoms with E-state index in [1.54, 1.807) is 12.1 Å². The molecular formula is C13H14O3. The number of phenols is 2. The van der Waals surface area contributed by atoms with Crippen molar-refractivity contribution >= 4 is 10.8 Å². The van der Waals surface area contributed by atoms with Gasteiger partial charge in [0.15, 0.2) is 11.5 Å². The minimum atomic E-state index is -0.0753. The summed E-state index contributed by atoms with van der Waals surface area (Å²) in [6.07, 6.45) is 0.583. The van der Waals surface area contributed by atoms with Crippen LogP contribution in [0.2, 0.25) is 0 Å². The number of rotatable bonds is 0. The lowest BCUT2D eigenvalue weighted by Crippen LogP contribution is -1.73. The molecule has 2 aromatic carbocycles. The number of aromatic hydroxyl groups is 2. The smallest absolute Gasteiger partial charge is 0.165 e. The number of hydrogen-bond acceptors (Lipinski definition) is 3. The van der Waals surface area contributed by atoms with Crippen molar-refractivity contribution in [3.8, 4) is 11.5 Å². The van der Waals surface area contributed by atoms with Gasteiger partial charge in [-0.1, -0.05) is 30.3 Å². The van der Waals surface area contributed by atoms with Crippen molar-refractivity contribution in [1.29, 1.82) is 0 Å². The number of ether oxygens (including phenoxy) is 1. The Morgan fingerprint density at radius 2 is 1.75 bits per heavy atom. The zero-order valence-electron chi connectivity index (χ0n) is 9.05. The summed E-state index contributed by atoms with van der Waals surface area (Å²) >= 11 is 0. The lowest BCUT2D eigenvalue weighted by atomic mass is 10.1. The maximum absolute atomic E-state index is 9.41. The molecule has 84 valence electrons. The first kappa shape index (κ1) is 10.8. The molecule has 3 rings (SSSR count). The Labute approximate surface area is 93.9 Å². The molecule has 1 atom stereocenters. The van der Waals surface area contributed by atoms with E-state index < -0.39 is 0 Å². The van der Waals surface area contributed by atoms with Crippen molar-refractivity contribution < 1.29 is 14.9 Å². The van der Waals surface area contributed by atoms with Gasteiger partial charge in [0.05, 0.1) is 12.7 Å². The van der Waals surface area contributed by atoms with Crippen LogP contribution in [0.15, 0.2) is 36.4 Å². The van der Waals surface area contributed by atoms with E-state index in [2.05, 4.69) is 6.92 Å². The van der Waals surface area contributed by atoms with E-state index in [4.69, 9.17) is 9.84 Å². The van der Waals surface area contributed by atoms with Crippen molar-refractivity contribution in [1.82, 2.24) is 0 Å². The molecular weight excluding hydrogens is 204 g/mol. The minimum absolute atomic E-state index is 0.0481. The van der Waals surface area contributed by atoms with Crippen LogP contribution in [0.1, 0.15) is 6.92 Å². The normalized spacial score (nSPS) is 17.7. The van der Waals surface area contributed by atoms with Crippen LogP contribution < -0.4 is 0 Å². The second-order valence-corrected chi connectivity index (χ2v) is 3.80. The van der Waals surface area contributed by atoms with Crippen LogP contribution in [0.4, 0.5) is 0 Å². The molecule has 3 heteroatoms. The summed E-state index contributed by atoms with van der Waals surface area (Å²) < 4.78 is 4.71. The fourth-order valence-electron chi connectivity index (χ4n) is 1.34. The monoisotopic (exact) mass is 218 g/mol. The van der Waals surface area contributed by atoms with Gasteiger partial charge in [0, 0.05) is 5.39 Å². The van der Waals surface area contributed by atoms with Crippen molar-refractivity contribution in [2.75, 3.05) is 6.61 Å². The van der Waals surface area contributed by atoms with E-state index in [0.717, 1.165) is 12.0 Å². The molecule has 16 heavy (non-hydrogen) atoms. The zero-order valence-corrected chi connectivity index (χ0v) is 9.05. The van der Waals surface area contributed by atoms with Crippen LogP contribution in [-0.4, -0.2) is 22.9 Å². The lowest BCUT2D eigenvalue weighted by molar-refractivity contribution is 0.408. The Hall–Kier alpha value is -1.74. The van der Waals surface area contributed by atoms with Gasteiger partial charge in [-0.05, 0) is 18.4 Å². The highest BCUT2D eigenvalue weighted by Gasteiger charge is 2.13. The number of fused-ring (bicyclic) bond motifs is 1. The molecule has 1 aliphatic rings. The average molecular weight is 218 g/mol. The SMILES string of the molecule is CC1CO1.Oc1ccc2ccccc2c1O. The minimum Gasteiger partial charge on any atom is -0.504 e. The van der Waals surface area contributed by atoms with Gasteiger partial charge in [-0.2, -0.15) is 0 Å². The number of epoxide rings is 1. The first-order chi connectivity index (χ1) is 7.68. The number of hydrogen-bond donors (Lipinski definition) is 2. The van der Waals surface area contributed by atoms with Gasteiger partial charge in [0.2, 0.25) is 0 Å². The second-order valence-electron chi connectivity index (χ2n) is 3.80. The Morgan fingerprint density at radius 3 is 2.38 bits per heavy atom. The van der Waals surface area contributed by atoms with Crippen LogP contribution in [-0.2, 0) is 4.74 Å². The zero-order chi connectivity index (χ0) is 11.5. The molecule has 0 amide bonds. The highest BCUT2D eigenvalue weighted by atomic mass is 16.6.